The first-order valence-electron chi connectivity index (χ1n) is 5.91. The van der Waals surface area contributed by atoms with Crippen LogP contribution in [0.3, 0.4) is 0 Å². The van der Waals surface area contributed by atoms with E-state index in [1.165, 1.54) is 4.90 Å². The molecule has 0 bridgehead atoms. The summed E-state index contributed by atoms with van der Waals surface area (Å²) in [6.45, 7) is 3.20. The number of carbonyl (C=O) groups excluding carboxylic acids is 3. The number of aryl methyl sites for hydroxylation is 1. The molecule has 1 heterocycles. The molecule has 100 valence electrons. The van der Waals surface area contributed by atoms with E-state index in [9.17, 15) is 14.4 Å². The van der Waals surface area contributed by atoms with Gasteiger partial charge in [0.05, 0.1) is 5.56 Å². The first-order valence-corrected chi connectivity index (χ1v) is 5.91. The average molecular weight is 261 g/mol. The summed E-state index contributed by atoms with van der Waals surface area (Å²) in [5.41, 5.74) is 7.22. The number of amides is 3. The second-order valence-electron chi connectivity index (χ2n) is 4.56. The smallest absolute Gasteiger partial charge is 0.257 e. The highest BCUT2D eigenvalue weighted by Crippen LogP contribution is 2.20. The number of anilines is 1. The summed E-state index contributed by atoms with van der Waals surface area (Å²) in [4.78, 5) is 36.6. The van der Waals surface area contributed by atoms with E-state index in [0.717, 1.165) is 5.56 Å². The van der Waals surface area contributed by atoms with Gasteiger partial charge in [-0.3, -0.25) is 19.7 Å². The number of hydrogen-bond acceptors (Lipinski definition) is 4. The first-order chi connectivity index (χ1) is 8.91. The summed E-state index contributed by atoms with van der Waals surface area (Å²) in [7, 11) is 0. The van der Waals surface area contributed by atoms with Crippen molar-refractivity contribution in [1.82, 2.24) is 10.2 Å². The van der Waals surface area contributed by atoms with Crippen molar-refractivity contribution in [3.05, 3.63) is 29.3 Å². The Morgan fingerprint density at radius 1 is 1.42 bits per heavy atom. The van der Waals surface area contributed by atoms with Gasteiger partial charge in [0.2, 0.25) is 11.8 Å². The molecule has 1 fully saturated rings. The average Bonchev–Trinajstić information content (AvgIpc) is 2.33. The highest BCUT2D eigenvalue weighted by atomic mass is 16.2. The number of nitrogen functional groups attached to an aromatic ring is 1. The number of nitrogens with one attached hydrogen (secondary N) is 1. The van der Waals surface area contributed by atoms with Gasteiger partial charge in [0, 0.05) is 5.69 Å². The minimum absolute atomic E-state index is 0.139. The Bertz CT molecular complexity index is 548. The van der Waals surface area contributed by atoms with Crippen molar-refractivity contribution in [2.45, 2.75) is 19.9 Å². The van der Waals surface area contributed by atoms with E-state index in [1.54, 1.807) is 32.0 Å². The van der Waals surface area contributed by atoms with Crippen molar-refractivity contribution in [2.75, 3.05) is 12.3 Å². The molecule has 1 aliphatic rings. The van der Waals surface area contributed by atoms with Crippen molar-refractivity contribution < 1.29 is 14.4 Å². The summed E-state index contributed by atoms with van der Waals surface area (Å²) in [6.07, 6.45) is 0. The van der Waals surface area contributed by atoms with Crippen LogP contribution in [0.5, 0.6) is 0 Å². The third-order valence-corrected chi connectivity index (χ3v) is 3.20. The van der Waals surface area contributed by atoms with Crippen LogP contribution in [-0.2, 0) is 9.59 Å². The van der Waals surface area contributed by atoms with Gasteiger partial charge >= 0.3 is 0 Å². The molecule has 3 amide bonds. The molecule has 1 aromatic rings. The van der Waals surface area contributed by atoms with E-state index in [2.05, 4.69) is 5.32 Å². The Labute approximate surface area is 110 Å². The predicted octanol–water partition coefficient (Wildman–Crippen LogP) is 0.0643. The second kappa shape index (κ2) is 4.72. The SMILES string of the molecule is Cc1cccc(N)c1C(=O)N1CC(=O)NC(=O)C1C. The molecule has 2 rings (SSSR count). The van der Waals surface area contributed by atoms with Crippen molar-refractivity contribution >= 4 is 23.4 Å². The van der Waals surface area contributed by atoms with Gasteiger partial charge in [0.25, 0.3) is 5.91 Å². The van der Waals surface area contributed by atoms with E-state index in [-0.39, 0.29) is 6.54 Å². The van der Waals surface area contributed by atoms with Gasteiger partial charge in [0.15, 0.2) is 0 Å². The van der Waals surface area contributed by atoms with Crippen molar-refractivity contribution in [3.63, 3.8) is 0 Å². The summed E-state index contributed by atoms with van der Waals surface area (Å²) >= 11 is 0. The third-order valence-electron chi connectivity index (χ3n) is 3.20. The maximum Gasteiger partial charge on any atom is 0.257 e. The normalized spacial score (nSPS) is 19.3. The van der Waals surface area contributed by atoms with Gasteiger partial charge in [-0.2, -0.15) is 0 Å². The Morgan fingerprint density at radius 2 is 2.11 bits per heavy atom. The van der Waals surface area contributed by atoms with Crippen LogP contribution in [0.25, 0.3) is 0 Å². The highest BCUT2D eigenvalue weighted by Gasteiger charge is 2.34. The van der Waals surface area contributed by atoms with Crippen molar-refractivity contribution in [2.24, 2.45) is 0 Å². The number of rotatable bonds is 1. The lowest BCUT2D eigenvalue weighted by Crippen LogP contribution is -2.58. The molecule has 19 heavy (non-hydrogen) atoms. The number of nitrogens with zero attached hydrogens (tertiary/aromatic N) is 1. The lowest BCUT2D eigenvalue weighted by molar-refractivity contribution is -0.138. The molecular weight excluding hydrogens is 246 g/mol. The molecule has 0 aliphatic carbocycles. The molecule has 0 saturated carbocycles. The number of piperazine rings is 1. The van der Waals surface area contributed by atoms with Gasteiger partial charge in [-0.05, 0) is 25.5 Å². The topological polar surface area (TPSA) is 92.5 Å². The summed E-state index contributed by atoms with van der Waals surface area (Å²) < 4.78 is 0. The number of nitrogens with two attached hydrogens (primary N) is 1. The van der Waals surface area contributed by atoms with E-state index in [0.29, 0.717) is 11.3 Å². The fourth-order valence-corrected chi connectivity index (χ4v) is 2.09. The Hall–Kier alpha value is -2.37. The molecule has 3 N–H and O–H groups in total. The van der Waals surface area contributed by atoms with Gasteiger partial charge in [-0.1, -0.05) is 12.1 Å². The standard InChI is InChI=1S/C13H15N3O3/c1-7-4-3-5-9(14)11(7)13(19)16-6-10(17)15-12(18)8(16)2/h3-5,8H,6,14H2,1-2H3,(H,15,17,18). The van der Waals surface area contributed by atoms with Crippen LogP contribution >= 0.6 is 0 Å². The zero-order chi connectivity index (χ0) is 14.2. The fraction of sp³-hybridized carbons (Fsp3) is 0.308. The van der Waals surface area contributed by atoms with Crippen LogP contribution in [0.1, 0.15) is 22.8 Å². The van der Waals surface area contributed by atoms with Crippen LogP contribution in [0.4, 0.5) is 5.69 Å². The highest BCUT2D eigenvalue weighted by molar-refractivity contribution is 6.09. The fourth-order valence-electron chi connectivity index (χ4n) is 2.09. The molecule has 0 aromatic heterocycles. The molecule has 0 spiro atoms. The second-order valence-corrected chi connectivity index (χ2v) is 4.56. The Morgan fingerprint density at radius 3 is 2.74 bits per heavy atom. The van der Waals surface area contributed by atoms with Crippen LogP contribution in [0, 0.1) is 6.92 Å². The van der Waals surface area contributed by atoms with Gasteiger partial charge in [-0.15, -0.1) is 0 Å². The summed E-state index contributed by atoms with van der Waals surface area (Å²) in [5, 5.41) is 2.19. The Balaban J connectivity index is 2.38. The predicted molar refractivity (Wildman–Crippen MR) is 69.2 cm³/mol. The van der Waals surface area contributed by atoms with Crippen LogP contribution in [-0.4, -0.2) is 35.2 Å². The molecule has 1 saturated heterocycles. The molecule has 1 aliphatic heterocycles. The number of carbonyl (C=O) groups is 3. The molecule has 1 aromatic carbocycles. The lowest BCUT2D eigenvalue weighted by Gasteiger charge is -2.32. The minimum Gasteiger partial charge on any atom is -0.398 e. The quantitative estimate of drug-likeness (QED) is 0.552. The van der Waals surface area contributed by atoms with E-state index >= 15 is 0 Å². The monoisotopic (exact) mass is 261 g/mol. The number of imide groups is 1. The van der Waals surface area contributed by atoms with Crippen molar-refractivity contribution in [3.8, 4) is 0 Å². The largest absolute Gasteiger partial charge is 0.398 e. The van der Waals surface area contributed by atoms with E-state index < -0.39 is 23.8 Å². The van der Waals surface area contributed by atoms with Gasteiger partial charge in [0.1, 0.15) is 12.6 Å². The third kappa shape index (κ3) is 2.29. The zero-order valence-corrected chi connectivity index (χ0v) is 10.8. The molecule has 1 atom stereocenters. The molecule has 6 nitrogen and oxygen atoms in total. The summed E-state index contributed by atoms with van der Waals surface area (Å²) in [5.74, 6) is -1.35. The number of hydrogen-bond donors (Lipinski definition) is 2. The lowest BCUT2D eigenvalue weighted by atomic mass is 10.0. The molecule has 6 heteroatoms. The summed E-state index contributed by atoms with van der Waals surface area (Å²) in [6, 6.07) is 4.44. The Kier molecular flexibility index (Phi) is 3.25. The van der Waals surface area contributed by atoms with Crippen LogP contribution in [0.2, 0.25) is 0 Å². The van der Waals surface area contributed by atoms with Crippen LogP contribution in [0.15, 0.2) is 18.2 Å². The van der Waals surface area contributed by atoms with Gasteiger partial charge < -0.3 is 10.6 Å². The minimum atomic E-state index is -0.691. The molecule has 1 unspecified atom stereocenters. The van der Waals surface area contributed by atoms with Crippen molar-refractivity contribution in [1.29, 1.82) is 0 Å². The zero-order valence-electron chi connectivity index (χ0n) is 10.8. The first kappa shape index (κ1) is 13.1. The number of benzene rings is 1. The van der Waals surface area contributed by atoms with Crippen LogP contribution < -0.4 is 11.1 Å². The van der Waals surface area contributed by atoms with Gasteiger partial charge in [-0.25, -0.2) is 0 Å². The maximum atomic E-state index is 12.5. The van der Waals surface area contributed by atoms with E-state index in [1.807, 2.05) is 0 Å². The molecule has 0 radical (unpaired) electrons. The molecular formula is C13H15N3O3. The van der Waals surface area contributed by atoms with E-state index in [4.69, 9.17) is 5.73 Å². The maximum absolute atomic E-state index is 12.5.